The number of aryl methyl sites for hydroxylation is 1. The number of H-pyrrole nitrogens is 1. The molecule has 2 heterocycles. The maximum absolute atomic E-state index is 11.7. The fourth-order valence-corrected chi connectivity index (χ4v) is 5.23. The standard InChI is InChI=1S/C23H33N3O/c1-2-3-13-22-24-16-19(25-22)17-26-15-14-23(27,18-9-5-4-6-10-18)20-11-7-8-12-21(20)26/h4-6,9-10,16,20-21,27H,2-3,7-8,11-15,17H2,1H3,(H,24,25)/t20-,21-,23+/m1/s1. The van der Waals surface area contributed by atoms with Crippen molar-refractivity contribution in [2.75, 3.05) is 6.54 Å². The molecule has 1 aromatic carbocycles. The first-order valence-corrected chi connectivity index (χ1v) is 10.8. The average molecular weight is 368 g/mol. The minimum Gasteiger partial charge on any atom is -0.385 e. The van der Waals surface area contributed by atoms with Gasteiger partial charge in [-0.2, -0.15) is 0 Å². The number of aromatic amines is 1. The third-order valence-corrected chi connectivity index (χ3v) is 6.69. The Morgan fingerprint density at radius 3 is 2.85 bits per heavy atom. The lowest BCUT2D eigenvalue weighted by Crippen LogP contribution is -2.57. The highest BCUT2D eigenvalue weighted by molar-refractivity contribution is 5.25. The molecular formula is C23H33N3O. The molecule has 1 saturated heterocycles. The van der Waals surface area contributed by atoms with Crippen LogP contribution in [0.5, 0.6) is 0 Å². The van der Waals surface area contributed by atoms with Crippen molar-refractivity contribution in [2.45, 2.75) is 76.5 Å². The molecular weight excluding hydrogens is 334 g/mol. The SMILES string of the molecule is CCCCc1ncc(CN2CC[C@](O)(c3ccccc3)[C@@H]3CCCC[C@H]32)[nH]1. The summed E-state index contributed by atoms with van der Waals surface area (Å²) >= 11 is 0. The van der Waals surface area contributed by atoms with Crippen LogP contribution in [0.1, 0.15) is 69.0 Å². The van der Waals surface area contributed by atoms with Crippen molar-refractivity contribution in [2.24, 2.45) is 5.92 Å². The number of nitrogens with zero attached hydrogens (tertiary/aromatic N) is 2. The molecule has 0 bridgehead atoms. The fraction of sp³-hybridized carbons (Fsp3) is 0.609. The van der Waals surface area contributed by atoms with Crippen LogP contribution in [-0.2, 0) is 18.6 Å². The fourth-order valence-electron chi connectivity index (χ4n) is 5.23. The molecule has 2 N–H and O–H groups in total. The zero-order valence-corrected chi connectivity index (χ0v) is 16.5. The highest BCUT2D eigenvalue weighted by atomic mass is 16.3. The van der Waals surface area contributed by atoms with Gasteiger partial charge < -0.3 is 10.1 Å². The van der Waals surface area contributed by atoms with E-state index < -0.39 is 5.60 Å². The number of hydrogen-bond donors (Lipinski definition) is 2. The predicted octanol–water partition coefficient (Wildman–Crippen LogP) is 4.40. The van der Waals surface area contributed by atoms with E-state index in [0.717, 1.165) is 43.7 Å². The number of piperidine rings is 1. The Morgan fingerprint density at radius 1 is 1.22 bits per heavy atom. The summed E-state index contributed by atoms with van der Waals surface area (Å²) in [7, 11) is 0. The molecule has 0 spiro atoms. The van der Waals surface area contributed by atoms with Crippen LogP contribution in [0.15, 0.2) is 36.5 Å². The van der Waals surface area contributed by atoms with Crippen molar-refractivity contribution in [3.8, 4) is 0 Å². The van der Waals surface area contributed by atoms with E-state index in [0.29, 0.717) is 12.0 Å². The first-order valence-electron chi connectivity index (χ1n) is 10.8. The van der Waals surface area contributed by atoms with Crippen molar-refractivity contribution < 1.29 is 5.11 Å². The molecule has 0 unspecified atom stereocenters. The van der Waals surface area contributed by atoms with Crippen LogP contribution in [0.2, 0.25) is 0 Å². The van der Waals surface area contributed by atoms with Gasteiger partial charge in [0, 0.05) is 43.4 Å². The molecule has 0 amide bonds. The van der Waals surface area contributed by atoms with E-state index in [1.54, 1.807) is 0 Å². The highest BCUT2D eigenvalue weighted by Gasteiger charge is 2.48. The summed E-state index contributed by atoms with van der Waals surface area (Å²) in [6, 6.07) is 10.8. The van der Waals surface area contributed by atoms with Gasteiger partial charge in [-0.25, -0.2) is 4.98 Å². The van der Waals surface area contributed by atoms with Crippen molar-refractivity contribution in [1.82, 2.24) is 14.9 Å². The van der Waals surface area contributed by atoms with Gasteiger partial charge >= 0.3 is 0 Å². The highest BCUT2D eigenvalue weighted by Crippen LogP contribution is 2.47. The van der Waals surface area contributed by atoms with E-state index >= 15 is 0 Å². The van der Waals surface area contributed by atoms with Crippen LogP contribution in [0.25, 0.3) is 0 Å². The lowest BCUT2D eigenvalue weighted by molar-refractivity contribution is -0.123. The number of benzene rings is 1. The lowest BCUT2D eigenvalue weighted by Gasteiger charge is -2.52. The Hall–Kier alpha value is -1.65. The molecule has 0 radical (unpaired) electrons. The molecule has 4 rings (SSSR count). The predicted molar refractivity (Wildman–Crippen MR) is 108 cm³/mol. The van der Waals surface area contributed by atoms with Gasteiger partial charge in [-0.3, -0.25) is 4.90 Å². The number of hydrogen-bond acceptors (Lipinski definition) is 3. The molecule has 1 aromatic heterocycles. The van der Waals surface area contributed by atoms with Crippen molar-refractivity contribution >= 4 is 0 Å². The van der Waals surface area contributed by atoms with Crippen LogP contribution < -0.4 is 0 Å². The summed E-state index contributed by atoms with van der Waals surface area (Å²) in [4.78, 5) is 10.7. The summed E-state index contributed by atoms with van der Waals surface area (Å²) in [5, 5.41) is 11.7. The molecule has 2 aromatic rings. The number of aromatic nitrogens is 2. The van der Waals surface area contributed by atoms with Gasteiger partial charge in [0.05, 0.1) is 5.60 Å². The van der Waals surface area contributed by atoms with Crippen LogP contribution in [-0.4, -0.2) is 32.6 Å². The first kappa shape index (κ1) is 18.7. The van der Waals surface area contributed by atoms with Gasteiger partial charge in [-0.05, 0) is 31.2 Å². The summed E-state index contributed by atoms with van der Waals surface area (Å²) in [6.45, 7) is 4.08. The van der Waals surface area contributed by atoms with Crippen molar-refractivity contribution in [3.63, 3.8) is 0 Å². The number of rotatable bonds is 6. The Bertz CT molecular complexity index is 728. The molecule has 27 heavy (non-hydrogen) atoms. The van der Waals surface area contributed by atoms with E-state index in [1.807, 2.05) is 12.3 Å². The molecule has 146 valence electrons. The normalized spacial score (nSPS) is 28.8. The molecule has 2 aliphatic rings. The van der Waals surface area contributed by atoms with Gasteiger partial charge in [-0.1, -0.05) is 56.5 Å². The van der Waals surface area contributed by atoms with E-state index in [-0.39, 0.29) is 0 Å². The minimum absolute atomic E-state index is 0.324. The minimum atomic E-state index is -0.677. The average Bonchev–Trinajstić information content (AvgIpc) is 3.17. The Balaban J connectivity index is 1.51. The number of fused-ring (bicyclic) bond motifs is 1. The van der Waals surface area contributed by atoms with E-state index in [2.05, 4.69) is 46.1 Å². The first-order chi connectivity index (χ1) is 13.2. The van der Waals surface area contributed by atoms with Crippen LogP contribution in [0, 0.1) is 5.92 Å². The second-order valence-electron chi connectivity index (χ2n) is 8.43. The maximum Gasteiger partial charge on any atom is 0.106 e. The van der Waals surface area contributed by atoms with Crippen molar-refractivity contribution in [3.05, 3.63) is 53.6 Å². The van der Waals surface area contributed by atoms with Crippen LogP contribution >= 0.6 is 0 Å². The number of imidazole rings is 1. The molecule has 1 aliphatic heterocycles. The van der Waals surface area contributed by atoms with Gasteiger partial charge in [0.1, 0.15) is 5.82 Å². The third kappa shape index (κ3) is 3.83. The number of aliphatic hydroxyl groups is 1. The summed E-state index contributed by atoms with van der Waals surface area (Å²) in [5.74, 6) is 1.44. The van der Waals surface area contributed by atoms with Crippen LogP contribution in [0.4, 0.5) is 0 Å². The van der Waals surface area contributed by atoms with Gasteiger partial charge in [0.2, 0.25) is 0 Å². The van der Waals surface area contributed by atoms with E-state index in [9.17, 15) is 5.11 Å². The zero-order valence-electron chi connectivity index (χ0n) is 16.5. The monoisotopic (exact) mass is 367 g/mol. The summed E-state index contributed by atoms with van der Waals surface area (Å²) in [6.07, 6.45) is 11.1. The molecule has 1 saturated carbocycles. The third-order valence-electron chi connectivity index (χ3n) is 6.69. The number of unbranched alkanes of at least 4 members (excludes halogenated alkanes) is 1. The molecule has 4 nitrogen and oxygen atoms in total. The van der Waals surface area contributed by atoms with Crippen LogP contribution in [0.3, 0.4) is 0 Å². The second kappa shape index (κ2) is 8.15. The summed E-state index contributed by atoms with van der Waals surface area (Å²) < 4.78 is 0. The number of likely N-dealkylation sites (tertiary alicyclic amines) is 1. The molecule has 1 aliphatic carbocycles. The maximum atomic E-state index is 11.7. The van der Waals surface area contributed by atoms with Gasteiger partial charge in [-0.15, -0.1) is 0 Å². The Labute approximate surface area is 163 Å². The van der Waals surface area contributed by atoms with Gasteiger partial charge in [0.15, 0.2) is 0 Å². The summed E-state index contributed by atoms with van der Waals surface area (Å²) in [5.41, 5.74) is 1.64. The lowest BCUT2D eigenvalue weighted by atomic mass is 9.66. The Morgan fingerprint density at radius 2 is 2.04 bits per heavy atom. The van der Waals surface area contributed by atoms with E-state index in [1.165, 1.54) is 37.8 Å². The Kier molecular flexibility index (Phi) is 5.65. The quantitative estimate of drug-likeness (QED) is 0.795. The topological polar surface area (TPSA) is 52.1 Å². The van der Waals surface area contributed by atoms with Gasteiger partial charge in [0.25, 0.3) is 0 Å². The zero-order chi connectivity index (χ0) is 18.7. The van der Waals surface area contributed by atoms with E-state index in [4.69, 9.17) is 0 Å². The van der Waals surface area contributed by atoms with Crippen molar-refractivity contribution in [1.29, 1.82) is 0 Å². The number of nitrogens with one attached hydrogen (secondary N) is 1. The molecule has 4 heteroatoms. The second-order valence-corrected chi connectivity index (χ2v) is 8.43. The molecule has 3 atom stereocenters. The molecule has 2 fully saturated rings. The smallest absolute Gasteiger partial charge is 0.106 e. The largest absolute Gasteiger partial charge is 0.385 e.